The van der Waals surface area contributed by atoms with E-state index >= 15 is 0 Å². The number of piperazine rings is 1. The molecule has 0 aromatic heterocycles. The topological polar surface area (TPSA) is 38.8 Å². The van der Waals surface area contributed by atoms with Gasteiger partial charge in [0, 0.05) is 38.3 Å². The molecule has 2 aliphatic rings. The Labute approximate surface area is 116 Å². The van der Waals surface area contributed by atoms with Gasteiger partial charge in [0.25, 0.3) is 0 Å². The fraction of sp³-hybridized carbons (Fsp3) is 0.929. The van der Waals surface area contributed by atoms with E-state index in [1.807, 2.05) is 4.90 Å². The molecule has 2 unspecified atom stereocenters. The van der Waals surface area contributed by atoms with Gasteiger partial charge in [-0.3, -0.25) is 4.79 Å². The quantitative estimate of drug-likeness (QED) is 0.810. The van der Waals surface area contributed by atoms with E-state index in [0.717, 1.165) is 26.2 Å². The summed E-state index contributed by atoms with van der Waals surface area (Å²) in [4.78, 5) is 16.4. The molecule has 0 saturated carbocycles. The Kier molecular flexibility index (Phi) is 5.19. The highest BCUT2D eigenvalue weighted by Crippen LogP contribution is 2.19. The predicted molar refractivity (Wildman–Crippen MR) is 76.7 cm³/mol. The van der Waals surface area contributed by atoms with Crippen molar-refractivity contribution in [3.05, 3.63) is 0 Å². The lowest BCUT2D eigenvalue weighted by Crippen LogP contribution is -2.56. The summed E-state index contributed by atoms with van der Waals surface area (Å²) in [5.74, 6) is 0.234. The first-order valence-corrected chi connectivity index (χ1v) is 7.56. The molecule has 0 radical (unpaired) electrons. The molecule has 0 aliphatic carbocycles. The van der Waals surface area contributed by atoms with Gasteiger partial charge in [0.15, 0.2) is 0 Å². The second-order valence-electron chi connectivity index (χ2n) is 6.06. The molecule has 1 N–H and O–H groups in total. The van der Waals surface area contributed by atoms with Crippen LogP contribution in [0.5, 0.6) is 0 Å². The minimum Gasteiger partial charge on any atom is -0.339 e. The van der Waals surface area contributed by atoms with Crippen LogP contribution in [0.4, 0.5) is 0 Å². The van der Waals surface area contributed by atoms with E-state index in [1.54, 1.807) is 0 Å². The summed E-state index contributed by atoms with van der Waals surface area (Å²) < 4.78 is 0. The van der Waals surface area contributed by atoms with Gasteiger partial charge in [0.1, 0.15) is 0 Å². The van der Waals surface area contributed by atoms with Crippen LogP contribution in [0.3, 0.4) is 0 Å². The highest BCUT2D eigenvalue weighted by atomic mass is 16.2. The molecule has 1 amide bonds. The molecule has 0 bridgehead atoms. The average molecular weight is 268 g/mol. The van der Waals surface area contributed by atoms with Crippen LogP contribution in [-0.4, -0.2) is 72.6 Å². The smallest absolute Gasteiger partial charge is 0.238 e. The first-order valence-electron chi connectivity index (χ1n) is 7.56. The van der Waals surface area contributed by atoms with Crippen molar-refractivity contribution in [2.45, 2.75) is 45.2 Å². The van der Waals surface area contributed by atoms with Crippen molar-refractivity contribution in [2.75, 3.05) is 39.8 Å². The highest BCUT2D eigenvalue weighted by Gasteiger charge is 2.26. The molecule has 0 spiro atoms. The Bertz CT molecular complexity index is 292. The lowest BCUT2D eigenvalue weighted by Gasteiger charge is -2.39. The fourth-order valence-corrected chi connectivity index (χ4v) is 3.06. The van der Waals surface area contributed by atoms with Crippen LogP contribution in [0.2, 0.25) is 0 Å². The number of rotatable bonds is 3. The number of piperidine rings is 1. The van der Waals surface area contributed by atoms with Gasteiger partial charge in [0.2, 0.25) is 5.91 Å². The third-order valence-electron chi connectivity index (χ3n) is 4.46. The molecule has 2 rings (SSSR count). The lowest BCUT2D eigenvalue weighted by atomic mass is 10.00. The van der Waals surface area contributed by atoms with Gasteiger partial charge in [-0.05, 0) is 33.7 Å². The van der Waals surface area contributed by atoms with Gasteiger partial charge in [0.05, 0.1) is 6.54 Å². The molecule has 5 nitrogen and oxygen atoms in total. The first kappa shape index (κ1) is 14.8. The maximum Gasteiger partial charge on any atom is 0.238 e. The molecule has 0 aromatic carbocycles. The number of carbonyl (C=O) groups is 1. The van der Waals surface area contributed by atoms with Crippen molar-refractivity contribution in [3.8, 4) is 0 Å². The molecule has 19 heavy (non-hydrogen) atoms. The number of amides is 1. The largest absolute Gasteiger partial charge is 0.339 e. The predicted octanol–water partition coefficient (Wildman–Crippen LogP) is 0.528. The summed E-state index contributed by atoms with van der Waals surface area (Å²) in [6.07, 6.45) is 3.74. The van der Waals surface area contributed by atoms with Crippen molar-refractivity contribution in [3.63, 3.8) is 0 Å². The summed E-state index contributed by atoms with van der Waals surface area (Å²) in [5.41, 5.74) is 3.36. The minimum absolute atomic E-state index is 0.234. The zero-order valence-electron chi connectivity index (χ0n) is 12.6. The van der Waals surface area contributed by atoms with E-state index in [2.05, 4.69) is 36.2 Å². The second-order valence-corrected chi connectivity index (χ2v) is 6.06. The Balaban J connectivity index is 1.76. The van der Waals surface area contributed by atoms with Gasteiger partial charge >= 0.3 is 0 Å². The van der Waals surface area contributed by atoms with Gasteiger partial charge in [-0.1, -0.05) is 6.42 Å². The van der Waals surface area contributed by atoms with Crippen LogP contribution in [0.1, 0.15) is 33.1 Å². The Morgan fingerprint density at radius 2 is 1.68 bits per heavy atom. The Morgan fingerprint density at radius 1 is 1.11 bits per heavy atom. The summed E-state index contributed by atoms with van der Waals surface area (Å²) in [7, 11) is 2.11. The van der Waals surface area contributed by atoms with Crippen LogP contribution >= 0.6 is 0 Å². The van der Waals surface area contributed by atoms with Crippen molar-refractivity contribution >= 4 is 5.91 Å². The number of likely N-dealkylation sites (N-methyl/N-ethyl adjacent to an activating group) is 1. The Hall–Kier alpha value is -0.650. The number of carbonyl (C=O) groups excluding carboxylic acids is 1. The number of hydrazine groups is 1. The van der Waals surface area contributed by atoms with Gasteiger partial charge in [-0.15, -0.1) is 0 Å². The van der Waals surface area contributed by atoms with Crippen molar-refractivity contribution in [1.29, 1.82) is 0 Å². The molecule has 2 aliphatic heterocycles. The molecule has 2 heterocycles. The zero-order chi connectivity index (χ0) is 13.8. The van der Waals surface area contributed by atoms with E-state index < -0.39 is 0 Å². The summed E-state index contributed by atoms with van der Waals surface area (Å²) in [6.45, 7) is 8.62. The highest BCUT2D eigenvalue weighted by molar-refractivity contribution is 5.78. The number of nitrogens with zero attached hydrogens (tertiary/aromatic N) is 3. The molecule has 5 heteroatoms. The molecular formula is C14H28N4O. The van der Waals surface area contributed by atoms with E-state index in [-0.39, 0.29) is 5.91 Å². The van der Waals surface area contributed by atoms with E-state index in [0.29, 0.717) is 18.6 Å². The molecule has 2 fully saturated rings. The zero-order valence-corrected chi connectivity index (χ0v) is 12.6. The normalized spacial score (nSPS) is 30.6. The SMILES string of the molecule is CC1CCCC(C)N1NCC(=O)N1CCN(C)CC1. The summed E-state index contributed by atoms with van der Waals surface area (Å²) in [5, 5.41) is 2.28. The van der Waals surface area contributed by atoms with Gasteiger partial charge in [-0.25, -0.2) is 10.4 Å². The van der Waals surface area contributed by atoms with Gasteiger partial charge < -0.3 is 9.80 Å². The molecule has 2 atom stereocenters. The monoisotopic (exact) mass is 268 g/mol. The lowest BCUT2D eigenvalue weighted by molar-refractivity contribution is -0.133. The maximum atomic E-state index is 12.2. The summed E-state index contributed by atoms with van der Waals surface area (Å²) >= 11 is 0. The number of hydrogen-bond acceptors (Lipinski definition) is 4. The fourth-order valence-electron chi connectivity index (χ4n) is 3.06. The van der Waals surface area contributed by atoms with Crippen LogP contribution < -0.4 is 5.43 Å². The maximum absolute atomic E-state index is 12.2. The van der Waals surface area contributed by atoms with Crippen molar-refractivity contribution < 1.29 is 4.79 Å². The van der Waals surface area contributed by atoms with Gasteiger partial charge in [-0.2, -0.15) is 0 Å². The van der Waals surface area contributed by atoms with Crippen LogP contribution in [-0.2, 0) is 4.79 Å². The van der Waals surface area contributed by atoms with E-state index in [4.69, 9.17) is 0 Å². The molecule has 110 valence electrons. The molecular weight excluding hydrogens is 240 g/mol. The summed E-state index contributed by atoms with van der Waals surface area (Å²) in [6, 6.07) is 1.06. The van der Waals surface area contributed by atoms with Crippen LogP contribution in [0.25, 0.3) is 0 Å². The van der Waals surface area contributed by atoms with Crippen molar-refractivity contribution in [2.24, 2.45) is 0 Å². The van der Waals surface area contributed by atoms with Crippen LogP contribution in [0.15, 0.2) is 0 Å². The number of nitrogens with one attached hydrogen (secondary N) is 1. The average Bonchev–Trinajstić information content (AvgIpc) is 2.38. The number of hydrogen-bond donors (Lipinski definition) is 1. The minimum atomic E-state index is 0.234. The van der Waals surface area contributed by atoms with Crippen molar-refractivity contribution in [1.82, 2.24) is 20.2 Å². The third kappa shape index (κ3) is 3.91. The first-order chi connectivity index (χ1) is 9.08. The second kappa shape index (κ2) is 6.68. The standard InChI is InChI=1S/C14H28N4O/c1-12-5-4-6-13(2)18(12)15-11-14(19)17-9-7-16(3)8-10-17/h12-13,15H,4-11H2,1-3H3. The molecule has 0 aromatic rings. The molecule has 2 saturated heterocycles. The van der Waals surface area contributed by atoms with Crippen LogP contribution in [0, 0.1) is 0 Å². The van der Waals surface area contributed by atoms with E-state index in [1.165, 1.54) is 19.3 Å². The Morgan fingerprint density at radius 3 is 2.26 bits per heavy atom. The third-order valence-corrected chi connectivity index (χ3v) is 4.46. The van der Waals surface area contributed by atoms with E-state index in [9.17, 15) is 4.79 Å².